The quantitative estimate of drug-likeness (QED) is 0.341. The van der Waals surface area contributed by atoms with Crippen LogP contribution in [0.3, 0.4) is 0 Å². The maximum atomic E-state index is 11.9. The summed E-state index contributed by atoms with van der Waals surface area (Å²) in [4.78, 5) is 14.3. The van der Waals surface area contributed by atoms with Crippen LogP contribution >= 0.6 is 23.2 Å². The molecule has 0 spiro atoms. The van der Waals surface area contributed by atoms with Crippen LogP contribution in [-0.2, 0) is 22.7 Å². The molecule has 0 bridgehead atoms. The van der Waals surface area contributed by atoms with E-state index in [1.807, 2.05) is 12.1 Å². The molecule has 0 saturated carbocycles. The molecule has 0 amide bonds. The Labute approximate surface area is 177 Å². The minimum absolute atomic E-state index is 0.238. The molecule has 0 aliphatic heterocycles. The second-order valence-electron chi connectivity index (χ2n) is 6.47. The molecule has 0 atom stereocenters. The number of rotatable bonds is 11. The van der Waals surface area contributed by atoms with E-state index in [1.165, 1.54) is 5.56 Å². The molecule has 28 heavy (non-hydrogen) atoms. The highest BCUT2D eigenvalue weighted by atomic mass is 35.5. The maximum Gasteiger partial charge on any atom is 0.306 e. The predicted molar refractivity (Wildman–Crippen MR) is 114 cm³/mol. The molecule has 0 radical (unpaired) electrons. The van der Waals surface area contributed by atoms with Crippen LogP contribution in [0.25, 0.3) is 0 Å². The number of nitrogens with zero attached hydrogens (tertiary/aromatic N) is 1. The van der Waals surface area contributed by atoms with Gasteiger partial charge in [-0.05, 0) is 48.8 Å². The Balaban J connectivity index is 1.66. The SMILES string of the molecule is CCN(CC)Cc1ccc(COC(=O)CCCOc2ccc(Cl)cc2Cl)cc1. The van der Waals surface area contributed by atoms with Crippen LogP contribution in [-0.4, -0.2) is 30.6 Å². The Morgan fingerprint density at radius 3 is 2.32 bits per heavy atom. The summed E-state index contributed by atoms with van der Waals surface area (Å²) in [5, 5.41) is 1.02. The average Bonchev–Trinajstić information content (AvgIpc) is 2.70. The molecule has 2 aromatic rings. The summed E-state index contributed by atoms with van der Waals surface area (Å²) < 4.78 is 10.9. The second-order valence-corrected chi connectivity index (χ2v) is 7.31. The fraction of sp³-hybridized carbons (Fsp3) is 0.409. The molecule has 0 aromatic heterocycles. The van der Waals surface area contributed by atoms with Crippen molar-refractivity contribution in [2.75, 3.05) is 19.7 Å². The van der Waals surface area contributed by atoms with Gasteiger partial charge in [0.1, 0.15) is 12.4 Å². The van der Waals surface area contributed by atoms with Gasteiger partial charge in [-0.25, -0.2) is 0 Å². The molecule has 4 nitrogen and oxygen atoms in total. The molecule has 0 saturated heterocycles. The van der Waals surface area contributed by atoms with Crippen LogP contribution in [0.1, 0.15) is 37.8 Å². The van der Waals surface area contributed by atoms with Crippen molar-refractivity contribution in [1.29, 1.82) is 0 Å². The van der Waals surface area contributed by atoms with E-state index >= 15 is 0 Å². The number of benzene rings is 2. The van der Waals surface area contributed by atoms with E-state index in [1.54, 1.807) is 18.2 Å². The van der Waals surface area contributed by atoms with Crippen molar-refractivity contribution in [3.63, 3.8) is 0 Å². The van der Waals surface area contributed by atoms with Gasteiger partial charge >= 0.3 is 5.97 Å². The monoisotopic (exact) mass is 423 g/mol. The van der Waals surface area contributed by atoms with E-state index in [0.717, 1.165) is 25.2 Å². The van der Waals surface area contributed by atoms with Crippen molar-refractivity contribution in [2.24, 2.45) is 0 Å². The molecule has 6 heteroatoms. The van der Waals surface area contributed by atoms with Crippen LogP contribution in [0, 0.1) is 0 Å². The van der Waals surface area contributed by atoms with Gasteiger partial charge < -0.3 is 9.47 Å². The number of carbonyl (C=O) groups is 1. The highest BCUT2D eigenvalue weighted by Gasteiger charge is 2.07. The van der Waals surface area contributed by atoms with Crippen molar-refractivity contribution >= 4 is 29.2 Å². The Bertz CT molecular complexity index is 746. The van der Waals surface area contributed by atoms with Crippen LogP contribution in [0.15, 0.2) is 42.5 Å². The molecule has 0 fully saturated rings. The lowest BCUT2D eigenvalue weighted by Gasteiger charge is -2.18. The molecule has 0 unspecified atom stereocenters. The zero-order chi connectivity index (χ0) is 20.4. The first-order valence-electron chi connectivity index (χ1n) is 9.55. The first-order chi connectivity index (χ1) is 13.5. The molecule has 2 aromatic carbocycles. The van der Waals surface area contributed by atoms with Crippen molar-refractivity contribution in [2.45, 2.75) is 39.8 Å². The van der Waals surface area contributed by atoms with E-state index in [0.29, 0.717) is 35.2 Å². The summed E-state index contributed by atoms with van der Waals surface area (Å²) in [6.45, 7) is 7.99. The van der Waals surface area contributed by atoms with Gasteiger partial charge in [0.05, 0.1) is 11.6 Å². The second kappa shape index (κ2) is 11.9. The zero-order valence-electron chi connectivity index (χ0n) is 16.4. The maximum absolute atomic E-state index is 11.9. The predicted octanol–water partition coefficient (Wildman–Crippen LogP) is 5.74. The first-order valence-corrected chi connectivity index (χ1v) is 10.3. The van der Waals surface area contributed by atoms with Gasteiger partial charge in [-0.2, -0.15) is 0 Å². The van der Waals surface area contributed by atoms with Gasteiger partial charge in [0.2, 0.25) is 0 Å². The lowest BCUT2D eigenvalue weighted by molar-refractivity contribution is -0.145. The van der Waals surface area contributed by atoms with E-state index in [-0.39, 0.29) is 12.6 Å². The Morgan fingerprint density at radius 1 is 1.00 bits per heavy atom. The van der Waals surface area contributed by atoms with Gasteiger partial charge in [-0.1, -0.05) is 61.3 Å². The number of esters is 1. The van der Waals surface area contributed by atoms with Crippen molar-refractivity contribution in [1.82, 2.24) is 4.90 Å². The Morgan fingerprint density at radius 2 is 1.68 bits per heavy atom. The number of carbonyl (C=O) groups excluding carboxylic acids is 1. The zero-order valence-corrected chi connectivity index (χ0v) is 17.9. The van der Waals surface area contributed by atoms with Crippen LogP contribution in [0.5, 0.6) is 5.75 Å². The summed E-state index contributed by atoms with van der Waals surface area (Å²) in [6.07, 6.45) is 0.853. The topological polar surface area (TPSA) is 38.8 Å². The molecular formula is C22H27Cl2NO3. The highest BCUT2D eigenvalue weighted by molar-refractivity contribution is 6.35. The number of hydrogen-bond donors (Lipinski definition) is 0. The van der Waals surface area contributed by atoms with Crippen molar-refractivity contribution < 1.29 is 14.3 Å². The van der Waals surface area contributed by atoms with Gasteiger partial charge in [0.25, 0.3) is 0 Å². The largest absolute Gasteiger partial charge is 0.492 e. The van der Waals surface area contributed by atoms with Gasteiger partial charge in [-0.3, -0.25) is 9.69 Å². The number of hydrogen-bond acceptors (Lipinski definition) is 4. The van der Waals surface area contributed by atoms with E-state index in [4.69, 9.17) is 32.7 Å². The Kier molecular flexibility index (Phi) is 9.62. The summed E-state index contributed by atoms with van der Waals surface area (Å²) in [5.74, 6) is 0.322. The molecule has 0 N–H and O–H groups in total. The van der Waals surface area contributed by atoms with E-state index < -0.39 is 0 Å². The van der Waals surface area contributed by atoms with E-state index in [2.05, 4.69) is 30.9 Å². The molecular weight excluding hydrogens is 397 g/mol. The first kappa shape index (κ1) is 22.5. The summed E-state index contributed by atoms with van der Waals surface area (Å²) in [5.41, 5.74) is 2.25. The highest BCUT2D eigenvalue weighted by Crippen LogP contribution is 2.27. The fourth-order valence-corrected chi connectivity index (χ4v) is 3.14. The molecule has 152 valence electrons. The summed E-state index contributed by atoms with van der Waals surface area (Å²) in [7, 11) is 0. The van der Waals surface area contributed by atoms with Crippen LogP contribution < -0.4 is 4.74 Å². The normalized spacial score (nSPS) is 10.9. The summed E-state index contributed by atoms with van der Waals surface area (Å²) >= 11 is 11.9. The number of ether oxygens (including phenoxy) is 2. The molecule has 2 rings (SSSR count). The van der Waals surface area contributed by atoms with Gasteiger partial charge in [0, 0.05) is 18.0 Å². The third kappa shape index (κ3) is 7.70. The van der Waals surface area contributed by atoms with Gasteiger partial charge in [0.15, 0.2) is 0 Å². The minimum Gasteiger partial charge on any atom is -0.492 e. The third-order valence-corrected chi connectivity index (χ3v) is 4.93. The van der Waals surface area contributed by atoms with Crippen molar-refractivity contribution in [3.8, 4) is 5.75 Å². The fourth-order valence-electron chi connectivity index (χ4n) is 2.67. The molecule has 0 aliphatic rings. The smallest absolute Gasteiger partial charge is 0.306 e. The van der Waals surface area contributed by atoms with Gasteiger partial charge in [-0.15, -0.1) is 0 Å². The van der Waals surface area contributed by atoms with Crippen molar-refractivity contribution in [3.05, 3.63) is 63.6 Å². The van der Waals surface area contributed by atoms with Crippen LogP contribution in [0.2, 0.25) is 10.0 Å². The Hall–Kier alpha value is -1.75. The van der Waals surface area contributed by atoms with E-state index in [9.17, 15) is 4.79 Å². The third-order valence-electron chi connectivity index (χ3n) is 4.40. The summed E-state index contributed by atoms with van der Waals surface area (Å²) in [6, 6.07) is 13.3. The lowest BCUT2D eigenvalue weighted by Crippen LogP contribution is -2.22. The molecule has 0 heterocycles. The number of halogens is 2. The minimum atomic E-state index is -0.238. The average molecular weight is 424 g/mol. The molecule has 0 aliphatic carbocycles. The standard InChI is InChI=1S/C22H27Cl2NO3/c1-3-25(4-2)15-17-7-9-18(10-8-17)16-28-22(26)6-5-13-27-21-12-11-19(23)14-20(21)24/h7-12,14H,3-6,13,15-16H2,1-2H3. The lowest BCUT2D eigenvalue weighted by atomic mass is 10.1. The van der Waals surface area contributed by atoms with Crippen LogP contribution in [0.4, 0.5) is 0 Å².